The summed E-state index contributed by atoms with van der Waals surface area (Å²) in [7, 11) is 0. The Morgan fingerprint density at radius 2 is 1.94 bits per heavy atom. The number of hydrogen-bond acceptors (Lipinski definition) is 1. The Hall–Kier alpha value is -0.960. The van der Waals surface area contributed by atoms with Crippen molar-refractivity contribution in [2.75, 3.05) is 6.54 Å². The fraction of sp³-hybridized carbons (Fsp3) is 0.571. The molecule has 1 fully saturated rings. The molecule has 0 amide bonds. The Morgan fingerprint density at radius 1 is 1.18 bits per heavy atom. The van der Waals surface area contributed by atoms with Crippen molar-refractivity contribution in [1.82, 2.24) is 5.32 Å². The molecule has 0 saturated heterocycles. The molecular formula is C14H19F2N. The SMILES string of the molecule is Fc1ccc(CCCNC2CCCC2)c(F)c1. The molecule has 0 aromatic heterocycles. The van der Waals surface area contributed by atoms with Crippen LogP contribution >= 0.6 is 0 Å². The molecule has 1 N–H and O–H groups in total. The zero-order valence-electron chi connectivity index (χ0n) is 10.0. The van der Waals surface area contributed by atoms with E-state index in [0.29, 0.717) is 18.0 Å². The van der Waals surface area contributed by atoms with Crippen molar-refractivity contribution in [1.29, 1.82) is 0 Å². The first kappa shape index (κ1) is 12.5. The maximum Gasteiger partial charge on any atom is 0.129 e. The zero-order chi connectivity index (χ0) is 12.1. The fourth-order valence-corrected chi connectivity index (χ4v) is 2.44. The average molecular weight is 239 g/mol. The Labute approximate surface area is 101 Å². The van der Waals surface area contributed by atoms with Gasteiger partial charge in [-0.2, -0.15) is 0 Å². The maximum absolute atomic E-state index is 13.3. The lowest BCUT2D eigenvalue weighted by Crippen LogP contribution is -2.27. The number of nitrogens with one attached hydrogen (secondary N) is 1. The van der Waals surface area contributed by atoms with Gasteiger partial charge < -0.3 is 5.32 Å². The first-order valence-corrected chi connectivity index (χ1v) is 6.43. The number of benzene rings is 1. The highest BCUT2D eigenvalue weighted by atomic mass is 19.1. The highest BCUT2D eigenvalue weighted by Crippen LogP contribution is 2.17. The summed E-state index contributed by atoms with van der Waals surface area (Å²) in [6.07, 6.45) is 6.76. The first-order chi connectivity index (χ1) is 8.25. The molecule has 1 aliphatic rings. The Bertz CT molecular complexity index is 359. The molecule has 1 aromatic rings. The van der Waals surface area contributed by atoms with E-state index in [1.54, 1.807) is 6.07 Å². The highest BCUT2D eigenvalue weighted by molar-refractivity contribution is 5.18. The monoisotopic (exact) mass is 239 g/mol. The molecular weight excluding hydrogens is 220 g/mol. The molecule has 1 nitrogen and oxygen atoms in total. The number of hydrogen-bond donors (Lipinski definition) is 1. The summed E-state index contributed by atoms with van der Waals surface area (Å²) in [5, 5.41) is 3.49. The molecule has 1 saturated carbocycles. The first-order valence-electron chi connectivity index (χ1n) is 6.43. The van der Waals surface area contributed by atoms with E-state index in [9.17, 15) is 8.78 Å². The van der Waals surface area contributed by atoms with Crippen LogP contribution in [-0.2, 0) is 6.42 Å². The van der Waals surface area contributed by atoms with Crippen LogP contribution in [0.4, 0.5) is 8.78 Å². The minimum atomic E-state index is -0.504. The largest absolute Gasteiger partial charge is 0.314 e. The van der Waals surface area contributed by atoms with E-state index in [-0.39, 0.29) is 0 Å². The summed E-state index contributed by atoms with van der Waals surface area (Å²) in [6.45, 7) is 0.918. The smallest absolute Gasteiger partial charge is 0.129 e. The Balaban J connectivity index is 1.70. The lowest BCUT2D eigenvalue weighted by Gasteiger charge is -2.11. The van der Waals surface area contributed by atoms with Crippen LogP contribution in [0.2, 0.25) is 0 Å². The van der Waals surface area contributed by atoms with Crippen LogP contribution in [0.1, 0.15) is 37.7 Å². The van der Waals surface area contributed by atoms with E-state index in [2.05, 4.69) is 5.32 Å². The molecule has 2 rings (SSSR count). The molecule has 1 aliphatic carbocycles. The van der Waals surface area contributed by atoms with Crippen molar-refractivity contribution in [3.63, 3.8) is 0 Å². The van der Waals surface area contributed by atoms with E-state index < -0.39 is 11.6 Å². The molecule has 1 aromatic carbocycles. The van der Waals surface area contributed by atoms with Crippen molar-refractivity contribution >= 4 is 0 Å². The third-order valence-corrected chi connectivity index (χ3v) is 3.43. The maximum atomic E-state index is 13.3. The van der Waals surface area contributed by atoms with Gasteiger partial charge in [0, 0.05) is 12.1 Å². The molecule has 0 heterocycles. The minimum Gasteiger partial charge on any atom is -0.314 e. The summed E-state index contributed by atoms with van der Waals surface area (Å²) in [5.41, 5.74) is 0.611. The topological polar surface area (TPSA) is 12.0 Å². The lowest BCUT2D eigenvalue weighted by molar-refractivity contribution is 0.510. The summed E-state index contributed by atoms with van der Waals surface area (Å²) in [5.74, 6) is -0.929. The van der Waals surface area contributed by atoms with Gasteiger partial charge in [-0.05, 0) is 43.9 Å². The quantitative estimate of drug-likeness (QED) is 0.776. The third kappa shape index (κ3) is 3.77. The van der Waals surface area contributed by atoms with Crippen LogP contribution in [0.25, 0.3) is 0 Å². The molecule has 17 heavy (non-hydrogen) atoms. The van der Waals surface area contributed by atoms with E-state index in [0.717, 1.165) is 19.0 Å². The summed E-state index contributed by atoms with van der Waals surface area (Å²) < 4.78 is 26.0. The van der Waals surface area contributed by atoms with Gasteiger partial charge in [0.1, 0.15) is 11.6 Å². The highest BCUT2D eigenvalue weighted by Gasteiger charge is 2.13. The van der Waals surface area contributed by atoms with Gasteiger partial charge in [0.2, 0.25) is 0 Å². The molecule has 0 spiro atoms. The van der Waals surface area contributed by atoms with Crippen molar-refractivity contribution < 1.29 is 8.78 Å². The van der Waals surface area contributed by atoms with Crippen LogP contribution in [0.15, 0.2) is 18.2 Å². The Morgan fingerprint density at radius 3 is 2.65 bits per heavy atom. The molecule has 0 atom stereocenters. The van der Waals surface area contributed by atoms with Crippen molar-refractivity contribution in [2.24, 2.45) is 0 Å². The summed E-state index contributed by atoms with van der Waals surface area (Å²) >= 11 is 0. The number of aryl methyl sites for hydroxylation is 1. The predicted octanol–water partition coefficient (Wildman–Crippen LogP) is 3.43. The van der Waals surface area contributed by atoms with Crippen LogP contribution < -0.4 is 5.32 Å². The summed E-state index contributed by atoms with van der Waals surface area (Å²) in [6, 6.07) is 4.48. The van der Waals surface area contributed by atoms with Crippen LogP contribution in [-0.4, -0.2) is 12.6 Å². The van der Waals surface area contributed by atoms with E-state index in [1.165, 1.54) is 31.7 Å². The van der Waals surface area contributed by atoms with E-state index in [4.69, 9.17) is 0 Å². The van der Waals surface area contributed by atoms with Gasteiger partial charge in [-0.3, -0.25) is 0 Å². The fourth-order valence-electron chi connectivity index (χ4n) is 2.44. The van der Waals surface area contributed by atoms with Gasteiger partial charge in [0.15, 0.2) is 0 Å². The normalized spacial score (nSPS) is 16.6. The van der Waals surface area contributed by atoms with Gasteiger partial charge in [0.25, 0.3) is 0 Å². The number of rotatable bonds is 5. The number of halogens is 2. The van der Waals surface area contributed by atoms with Gasteiger partial charge >= 0.3 is 0 Å². The molecule has 3 heteroatoms. The van der Waals surface area contributed by atoms with Crippen LogP contribution in [0, 0.1) is 11.6 Å². The molecule has 0 unspecified atom stereocenters. The van der Waals surface area contributed by atoms with Gasteiger partial charge in [-0.1, -0.05) is 18.9 Å². The lowest BCUT2D eigenvalue weighted by atomic mass is 10.1. The van der Waals surface area contributed by atoms with Gasteiger partial charge in [0.05, 0.1) is 0 Å². The second-order valence-electron chi connectivity index (χ2n) is 4.77. The minimum absolute atomic E-state index is 0.425. The van der Waals surface area contributed by atoms with Crippen molar-refractivity contribution in [3.05, 3.63) is 35.4 Å². The second kappa shape index (κ2) is 6.10. The summed E-state index contributed by atoms with van der Waals surface area (Å²) in [4.78, 5) is 0. The van der Waals surface area contributed by atoms with Crippen LogP contribution in [0.3, 0.4) is 0 Å². The van der Waals surface area contributed by atoms with Gasteiger partial charge in [-0.25, -0.2) is 8.78 Å². The van der Waals surface area contributed by atoms with Crippen molar-refractivity contribution in [3.8, 4) is 0 Å². The second-order valence-corrected chi connectivity index (χ2v) is 4.77. The van der Waals surface area contributed by atoms with E-state index in [1.807, 2.05) is 0 Å². The standard InChI is InChI=1S/C14H19F2N/c15-12-8-7-11(14(16)10-12)4-3-9-17-13-5-1-2-6-13/h7-8,10,13,17H,1-6,9H2. The molecule has 94 valence electrons. The third-order valence-electron chi connectivity index (χ3n) is 3.43. The molecule has 0 radical (unpaired) electrons. The van der Waals surface area contributed by atoms with Gasteiger partial charge in [-0.15, -0.1) is 0 Å². The average Bonchev–Trinajstić information content (AvgIpc) is 2.79. The molecule has 0 bridgehead atoms. The predicted molar refractivity (Wildman–Crippen MR) is 64.9 cm³/mol. The molecule has 0 aliphatic heterocycles. The Kier molecular flexibility index (Phi) is 4.49. The van der Waals surface area contributed by atoms with Crippen LogP contribution in [0.5, 0.6) is 0 Å². The van der Waals surface area contributed by atoms with Crippen molar-refractivity contribution in [2.45, 2.75) is 44.6 Å². The zero-order valence-corrected chi connectivity index (χ0v) is 10.0. The van der Waals surface area contributed by atoms with E-state index >= 15 is 0 Å².